The van der Waals surface area contributed by atoms with Gasteiger partial charge in [-0.1, -0.05) is 12.8 Å². The van der Waals surface area contributed by atoms with Gasteiger partial charge in [-0.05, 0) is 58.0 Å². The lowest BCUT2D eigenvalue weighted by Gasteiger charge is -2.20. The molecule has 0 amide bonds. The molecule has 0 aliphatic carbocycles. The third-order valence-corrected chi connectivity index (χ3v) is 3.96. The molecule has 1 saturated heterocycles. The first kappa shape index (κ1) is 20.3. The van der Waals surface area contributed by atoms with Crippen molar-refractivity contribution in [3.63, 3.8) is 0 Å². The summed E-state index contributed by atoms with van der Waals surface area (Å²) in [5.74, 6) is 1.76. The van der Waals surface area contributed by atoms with Crippen molar-refractivity contribution in [2.24, 2.45) is 4.99 Å². The summed E-state index contributed by atoms with van der Waals surface area (Å²) >= 11 is 0. The molecule has 0 unspecified atom stereocenters. The number of aliphatic imine (C=N–C) groups is 1. The normalized spacial score (nSPS) is 16.5. The first-order chi connectivity index (χ1) is 10.9. The predicted molar refractivity (Wildman–Crippen MR) is 106 cm³/mol. The lowest BCUT2D eigenvalue weighted by molar-refractivity contribution is 0.282. The summed E-state index contributed by atoms with van der Waals surface area (Å²) in [4.78, 5) is 7.14. The Bertz CT molecular complexity index is 414. The number of halogens is 1. The van der Waals surface area contributed by atoms with E-state index in [0.717, 1.165) is 31.2 Å². The van der Waals surface area contributed by atoms with E-state index in [-0.39, 0.29) is 24.0 Å². The van der Waals surface area contributed by atoms with Crippen molar-refractivity contribution < 1.29 is 4.42 Å². The van der Waals surface area contributed by atoms with E-state index in [1.165, 1.54) is 45.3 Å². The molecule has 0 bridgehead atoms. The van der Waals surface area contributed by atoms with E-state index < -0.39 is 0 Å². The van der Waals surface area contributed by atoms with Gasteiger partial charge in [-0.15, -0.1) is 24.0 Å². The number of hydrogen-bond donors (Lipinski definition) is 2. The molecule has 23 heavy (non-hydrogen) atoms. The third kappa shape index (κ3) is 8.60. The Balaban J connectivity index is 0.00000264. The van der Waals surface area contributed by atoms with Gasteiger partial charge >= 0.3 is 0 Å². The fourth-order valence-corrected chi connectivity index (χ4v) is 2.77. The Morgan fingerprint density at radius 2 is 2.00 bits per heavy atom. The van der Waals surface area contributed by atoms with Crippen LogP contribution in [0.3, 0.4) is 0 Å². The Hall–Kier alpha value is -0.760. The van der Waals surface area contributed by atoms with E-state index in [1.54, 1.807) is 6.26 Å². The van der Waals surface area contributed by atoms with Crippen LogP contribution in [0, 0.1) is 0 Å². The van der Waals surface area contributed by atoms with Gasteiger partial charge in [0.05, 0.1) is 6.26 Å². The average molecular weight is 434 g/mol. The molecule has 2 heterocycles. The van der Waals surface area contributed by atoms with Crippen LogP contribution in [0.2, 0.25) is 0 Å². The van der Waals surface area contributed by atoms with Crippen LogP contribution in [0.15, 0.2) is 27.8 Å². The molecule has 1 aromatic rings. The molecule has 1 fully saturated rings. The van der Waals surface area contributed by atoms with E-state index in [9.17, 15) is 0 Å². The Morgan fingerprint density at radius 1 is 1.22 bits per heavy atom. The van der Waals surface area contributed by atoms with Crippen molar-refractivity contribution in [1.82, 2.24) is 15.5 Å². The highest BCUT2D eigenvalue weighted by Crippen LogP contribution is 2.09. The van der Waals surface area contributed by atoms with Crippen LogP contribution in [0.1, 0.15) is 44.8 Å². The van der Waals surface area contributed by atoms with Crippen LogP contribution in [-0.2, 0) is 6.54 Å². The van der Waals surface area contributed by atoms with Gasteiger partial charge < -0.3 is 20.0 Å². The first-order valence-electron chi connectivity index (χ1n) is 8.65. The first-order valence-corrected chi connectivity index (χ1v) is 8.65. The molecule has 132 valence electrons. The highest BCUT2D eigenvalue weighted by molar-refractivity contribution is 14.0. The lowest BCUT2D eigenvalue weighted by atomic mass is 10.2. The fraction of sp³-hybridized carbons (Fsp3) is 0.706. The maximum Gasteiger partial charge on any atom is 0.191 e. The summed E-state index contributed by atoms with van der Waals surface area (Å²) in [7, 11) is 0. The number of likely N-dealkylation sites (tertiary alicyclic amines) is 1. The molecular weight excluding hydrogens is 403 g/mol. The predicted octanol–water partition coefficient (Wildman–Crippen LogP) is 3.22. The minimum Gasteiger partial charge on any atom is -0.467 e. The van der Waals surface area contributed by atoms with Crippen molar-refractivity contribution >= 4 is 29.9 Å². The summed E-state index contributed by atoms with van der Waals surface area (Å²) < 4.78 is 5.31. The number of nitrogens with zero attached hydrogens (tertiary/aromatic N) is 2. The van der Waals surface area contributed by atoms with Gasteiger partial charge in [0.1, 0.15) is 12.3 Å². The van der Waals surface area contributed by atoms with Gasteiger partial charge in [-0.25, -0.2) is 4.99 Å². The molecule has 2 rings (SSSR count). The topological polar surface area (TPSA) is 52.8 Å². The Kier molecular flexibility index (Phi) is 11.1. The second-order valence-electron chi connectivity index (χ2n) is 5.81. The highest BCUT2D eigenvalue weighted by atomic mass is 127. The largest absolute Gasteiger partial charge is 0.467 e. The maximum absolute atomic E-state index is 5.31. The summed E-state index contributed by atoms with van der Waals surface area (Å²) in [6, 6.07) is 3.85. The van der Waals surface area contributed by atoms with Crippen LogP contribution < -0.4 is 10.6 Å². The van der Waals surface area contributed by atoms with Crippen LogP contribution in [-0.4, -0.2) is 43.6 Å². The van der Waals surface area contributed by atoms with Gasteiger partial charge in [0.25, 0.3) is 0 Å². The van der Waals surface area contributed by atoms with Gasteiger partial charge in [-0.2, -0.15) is 0 Å². The Morgan fingerprint density at radius 3 is 2.65 bits per heavy atom. The maximum atomic E-state index is 5.31. The van der Waals surface area contributed by atoms with Crippen molar-refractivity contribution in [3.05, 3.63) is 24.2 Å². The molecule has 0 saturated carbocycles. The molecule has 1 aliphatic heterocycles. The van der Waals surface area contributed by atoms with Crippen molar-refractivity contribution in [3.8, 4) is 0 Å². The Labute approximate surface area is 157 Å². The minimum atomic E-state index is 0. The quantitative estimate of drug-likeness (QED) is 0.300. The molecule has 5 nitrogen and oxygen atoms in total. The smallest absolute Gasteiger partial charge is 0.191 e. The van der Waals surface area contributed by atoms with Crippen LogP contribution >= 0.6 is 24.0 Å². The molecule has 0 radical (unpaired) electrons. The fourth-order valence-electron chi connectivity index (χ4n) is 2.77. The second kappa shape index (κ2) is 12.6. The van der Waals surface area contributed by atoms with Crippen molar-refractivity contribution in [1.29, 1.82) is 0 Å². The lowest BCUT2D eigenvalue weighted by Crippen LogP contribution is -2.38. The van der Waals surface area contributed by atoms with Crippen LogP contribution in [0.4, 0.5) is 0 Å². The molecule has 0 aromatic carbocycles. The van der Waals surface area contributed by atoms with Crippen LogP contribution in [0.25, 0.3) is 0 Å². The van der Waals surface area contributed by atoms with Crippen molar-refractivity contribution in [2.75, 3.05) is 32.7 Å². The average Bonchev–Trinajstić information content (AvgIpc) is 2.92. The minimum absolute atomic E-state index is 0. The SMILES string of the molecule is CCNC(=NCc1ccco1)NCCCN1CCCCCC1.I. The standard InChI is InChI=1S/C17H30N4O.HI/c1-2-18-17(20-15-16-9-7-14-22-16)19-10-8-13-21-11-5-3-4-6-12-21;/h7,9,14H,2-6,8,10-13,15H2,1H3,(H2,18,19,20);1H. The molecule has 1 aromatic heterocycles. The van der Waals surface area contributed by atoms with E-state index in [1.807, 2.05) is 12.1 Å². The zero-order valence-electron chi connectivity index (χ0n) is 14.2. The molecule has 6 heteroatoms. The molecule has 0 atom stereocenters. The number of guanidine groups is 1. The number of hydrogen-bond acceptors (Lipinski definition) is 3. The van der Waals surface area contributed by atoms with Gasteiger partial charge in [0, 0.05) is 13.1 Å². The number of furan rings is 1. The zero-order chi connectivity index (χ0) is 15.5. The van der Waals surface area contributed by atoms with Gasteiger partial charge in [-0.3, -0.25) is 0 Å². The highest BCUT2D eigenvalue weighted by Gasteiger charge is 2.08. The van der Waals surface area contributed by atoms with Gasteiger partial charge in [0.15, 0.2) is 5.96 Å². The second-order valence-corrected chi connectivity index (χ2v) is 5.81. The molecule has 2 N–H and O–H groups in total. The third-order valence-electron chi connectivity index (χ3n) is 3.96. The molecule has 0 spiro atoms. The van der Waals surface area contributed by atoms with E-state index in [2.05, 4.69) is 27.4 Å². The number of rotatable bonds is 7. The van der Waals surface area contributed by atoms with E-state index >= 15 is 0 Å². The molecule has 1 aliphatic rings. The monoisotopic (exact) mass is 434 g/mol. The zero-order valence-corrected chi connectivity index (χ0v) is 16.6. The van der Waals surface area contributed by atoms with Crippen molar-refractivity contribution in [2.45, 2.75) is 45.6 Å². The van der Waals surface area contributed by atoms with Crippen LogP contribution in [0.5, 0.6) is 0 Å². The van der Waals surface area contributed by atoms with E-state index in [0.29, 0.717) is 6.54 Å². The number of nitrogens with one attached hydrogen (secondary N) is 2. The summed E-state index contributed by atoms with van der Waals surface area (Å²) in [5.41, 5.74) is 0. The van der Waals surface area contributed by atoms with Gasteiger partial charge in [0.2, 0.25) is 0 Å². The van der Waals surface area contributed by atoms with E-state index in [4.69, 9.17) is 4.42 Å². The summed E-state index contributed by atoms with van der Waals surface area (Å²) in [6.07, 6.45) is 8.37. The summed E-state index contributed by atoms with van der Waals surface area (Å²) in [6.45, 7) is 8.22. The summed E-state index contributed by atoms with van der Waals surface area (Å²) in [5, 5.41) is 6.69. The molecular formula is C17H31IN4O.